The fourth-order valence-corrected chi connectivity index (χ4v) is 4.22. The van der Waals surface area contributed by atoms with E-state index in [9.17, 15) is 4.79 Å². The summed E-state index contributed by atoms with van der Waals surface area (Å²) in [5, 5.41) is 8.42. The van der Waals surface area contributed by atoms with Gasteiger partial charge in [0.1, 0.15) is 0 Å². The molecule has 8 heteroatoms. The highest BCUT2D eigenvalue weighted by Crippen LogP contribution is 2.33. The van der Waals surface area contributed by atoms with Gasteiger partial charge in [0, 0.05) is 31.7 Å². The molecule has 0 bridgehead atoms. The van der Waals surface area contributed by atoms with E-state index in [1.807, 2.05) is 30.9 Å². The number of likely N-dealkylation sites (tertiary alicyclic amines) is 1. The van der Waals surface area contributed by atoms with Crippen molar-refractivity contribution in [1.82, 2.24) is 15.1 Å². The minimum Gasteiger partial charge on any atom is -0.355 e. The van der Waals surface area contributed by atoms with Crippen LogP contribution in [0.2, 0.25) is 0 Å². The molecule has 2 unspecified atom stereocenters. The first-order chi connectivity index (χ1) is 11.9. The first-order valence-electron chi connectivity index (χ1n) is 9.49. The Labute approximate surface area is 175 Å². The predicted octanol–water partition coefficient (Wildman–Crippen LogP) is 2.96. The molecule has 1 saturated heterocycles. The Kier molecular flexibility index (Phi) is 8.77. The summed E-state index contributed by atoms with van der Waals surface area (Å²) in [4.78, 5) is 17.2. The van der Waals surface area contributed by atoms with E-state index in [0.717, 1.165) is 63.1 Å². The molecule has 1 saturated carbocycles. The number of carbonyl (C=O) groups is 1. The average molecular weight is 418 g/mol. The maximum absolute atomic E-state index is 13.0. The molecule has 2 aliphatic rings. The maximum atomic E-state index is 13.0. The van der Waals surface area contributed by atoms with Crippen molar-refractivity contribution in [2.75, 3.05) is 25.0 Å². The van der Waals surface area contributed by atoms with Gasteiger partial charge in [-0.2, -0.15) is 5.10 Å². The molecule has 154 valence electrons. The number of halogens is 2. The second kappa shape index (κ2) is 9.89. The summed E-state index contributed by atoms with van der Waals surface area (Å²) in [7, 11) is 2.07. The van der Waals surface area contributed by atoms with Crippen LogP contribution in [0.5, 0.6) is 0 Å². The summed E-state index contributed by atoms with van der Waals surface area (Å²) in [5.74, 6) is 1.15. The van der Waals surface area contributed by atoms with Crippen molar-refractivity contribution in [3.63, 3.8) is 0 Å². The number of carbonyl (C=O) groups excluding carboxylic acids is 1. The third-order valence-corrected chi connectivity index (χ3v) is 6.02. The van der Waals surface area contributed by atoms with Crippen LogP contribution in [-0.4, -0.2) is 52.7 Å². The van der Waals surface area contributed by atoms with Gasteiger partial charge in [0.05, 0.1) is 11.6 Å². The van der Waals surface area contributed by atoms with Crippen LogP contribution in [0.25, 0.3) is 0 Å². The summed E-state index contributed by atoms with van der Waals surface area (Å²) in [6, 6.07) is 4.40. The van der Waals surface area contributed by atoms with E-state index >= 15 is 0 Å². The van der Waals surface area contributed by atoms with Crippen LogP contribution in [0.1, 0.15) is 51.1 Å². The number of nitrogens with two attached hydrogens (primary N) is 1. The third kappa shape index (κ3) is 5.46. The number of hydrogen-bond acceptors (Lipinski definition) is 5. The van der Waals surface area contributed by atoms with Crippen LogP contribution in [0.15, 0.2) is 12.1 Å². The van der Waals surface area contributed by atoms with E-state index in [0.29, 0.717) is 6.04 Å². The van der Waals surface area contributed by atoms with Gasteiger partial charge in [0.15, 0.2) is 5.82 Å². The molecule has 3 rings (SSSR count). The molecular formula is C19H33Cl2N5O. The molecule has 6 nitrogen and oxygen atoms in total. The SMILES string of the molecule is Cc1ccc(N(C)C2CCN(C(=O)C3CCCCC3(C)N)CC2)nn1.Cl.Cl. The van der Waals surface area contributed by atoms with Crippen molar-refractivity contribution in [1.29, 1.82) is 0 Å². The van der Waals surface area contributed by atoms with Crippen molar-refractivity contribution in [3.8, 4) is 0 Å². The summed E-state index contributed by atoms with van der Waals surface area (Å²) in [5.41, 5.74) is 7.00. The summed E-state index contributed by atoms with van der Waals surface area (Å²) in [6.07, 6.45) is 6.08. The van der Waals surface area contributed by atoms with Gasteiger partial charge in [-0.25, -0.2) is 0 Å². The van der Waals surface area contributed by atoms with Crippen molar-refractivity contribution in [3.05, 3.63) is 17.8 Å². The molecule has 0 spiro atoms. The lowest BCUT2D eigenvalue weighted by atomic mass is 9.74. The number of aryl methyl sites for hydroxylation is 1. The van der Waals surface area contributed by atoms with Gasteiger partial charge >= 0.3 is 0 Å². The van der Waals surface area contributed by atoms with Gasteiger partial charge in [0.25, 0.3) is 0 Å². The van der Waals surface area contributed by atoms with Crippen molar-refractivity contribution < 1.29 is 4.79 Å². The monoisotopic (exact) mass is 417 g/mol. The smallest absolute Gasteiger partial charge is 0.227 e. The molecule has 0 radical (unpaired) electrons. The Morgan fingerprint density at radius 1 is 1.19 bits per heavy atom. The Hall–Kier alpha value is -1.11. The van der Waals surface area contributed by atoms with E-state index in [4.69, 9.17) is 5.73 Å². The lowest BCUT2D eigenvalue weighted by Gasteiger charge is -2.43. The minimum atomic E-state index is -0.347. The van der Waals surface area contributed by atoms with Crippen LogP contribution in [0.4, 0.5) is 5.82 Å². The van der Waals surface area contributed by atoms with Gasteiger partial charge < -0.3 is 15.5 Å². The van der Waals surface area contributed by atoms with Crippen molar-refractivity contribution in [2.24, 2.45) is 11.7 Å². The van der Waals surface area contributed by atoms with Crippen LogP contribution in [0.3, 0.4) is 0 Å². The standard InChI is InChI=1S/C19H31N5O.2ClH/c1-14-7-8-17(22-21-14)23(3)15-9-12-24(13-10-15)18(25)16-6-4-5-11-19(16,2)20;;/h7-8,15-16H,4-6,9-13,20H2,1-3H3;2*1H. The number of aromatic nitrogens is 2. The summed E-state index contributed by atoms with van der Waals surface area (Å²) < 4.78 is 0. The maximum Gasteiger partial charge on any atom is 0.227 e. The van der Waals surface area contributed by atoms with E-state index in [2.05, 4.69) is 22.1 Å². The Morgan fingerprint density at radius 2 is 1.85 bits per heavy atom. The number of hydrogen-bond donors (Lipinski definition) is 1. The van der Waals surface area contributed by atoms with Crippen LogP contribution in [-0.2, 0) is 4.79 Å². The number of anilines is 1. The van der Waals surface area contributed by atoms with Gasteiger partial charge in [-0.3, -0.25) is 4.79 Å². The van der Waals surface area contributed by atoms with E-state index in [-0.39, 0.29) is 42.2 Å². The highest BCUT2D eigenvalue weighted by Gasteiger charge is 2.40. The fourth-order valence-electron chi connectivity index (χ4n) is 4.22. The first-order valence-corrected chi connectivity index (χ1v) is 9.49. The quantitative estimate of drug-likeness (QED) is 0.817. The topological polar surface area (TPSA) is 75.3 Å². The number of piperidine rings is 1. The lowest BCUT2D eigenvalue weighted by Crippen LogP contribution is -2.55. The van der Waals surface area contributed by atoms with Crippen LogP contribution in [0, 0.1) is 12.8 Å². The molecule has 27 heavy (non-hydrogen) atoms. The normalized spacial score (nSPS) is 25.9. The molecule has 0 aromatic carbocycles. The second-order valence-electron chi connectivity index (χ2n) is 8.00. The molecule has 2 fully saturated rings. The Morgan fingerprint density at radius 3 is 2.41 bits per heavy atom. The molecule has 2 atom stereocenters. The molecule has 1 aliphatic carbocycles. The molecule has 1 aromatic heterocycles. The van der Waals surface area contributed by atoms with Crippen molar-refractivity contribution in [2.45, 2.75) is 64.0 Å². The van der Waals surface area contributed by atoms with Crippen molar-refractivity contribution >= 4 is 36.5 Å². The highest BCUT2D eigenvalue weighted by molar-refractivity contribution is 5.85. The van der Waals surface area contributed by atoms with Gasteiger partial charge in [-0.15, -0.1) is 29.9 Å². The Balaban J connectivity index is 0.00000182. The summed E-state index contributed by atoms with van der Waals surface area (Å²) in [6.45, 7) is 5.60. The zero-order valence-electron chi connectivity index (χ0n) is 16.6. The summed E-state index contributed by atoms with van der Waals surface area (Å²) >= 11 is 0. The largest absolute Gasteiger partial charge is 0.355 e. The lowest BCUT2D eigenvalue weighted by molar-refractivity contribution is -0.140. The van der Waals surface area contributed by atoms with E-state index < -0.39 is 0 Å². The molecule has 2 N–H and O–H groups in total. The Bertz CT molecular complexity index is 603. The van der Waals surface area contributed by atoms with Gasteiger partial charge in [-0.05, 0) is 51.7 Å². The van der Waals surface area contributed by atoms with Gasteiger partial charge in [-0.1, -0.05) is 12.8 Å². The number of amides is 1. The third-order valence-electron chi connectivity index (χ3n) is 6.02. The minimum absolute atomic E-state index is 0. The fraction of sp³-hybridized carbons (Fsp3) is 0.737. The average Bonchev–Trinajstić information content (AvgIpc) is 2.61. The van der Waals surface area contributed by atoms with E-state index in [1.165, 1.54) is 0 Å². The number of rotatable bonds is 3. The zero-order chi connectivity index (χ0) is 18.0. The van der Waals surface area contributed by atoms with E-state index in [1.54, 1.807) is 0 Å². The molecule has 1 aromatic rings. The van der Waals surface area contributed by atoms with Gasteiger partial charge in [0.2, 0.25) is 5.91 Å². The molecule has 1 aliphatic heterocycles. The predicted molar refractivity (Wildman–Crippen MR) is 114 cm³/mol. The van der Waals surface area contributed by atoms with Crippen LogP contribution < -0.4 is 10.6 Å². The molecule has 1 amide bonds. The van der Waals surface area contributed by atoms with Crippen LogP contribution >= 0.6 is 24.8 Å². The molecular weight excluding hydrogens is 385 g/mol. The second-order valence-corrected chi connectivity index (χ2v) is 8.00. The molecule has 2 heterocycles. The zero-order valence-corrected chi connectivity index (χ0v) is 18.2. The first kappa shape index (κ1) is 23.9. The number of nitrogens with zero attached hydrogens (tertiary/aromatic N) is 4. The highest BCUT2D eigenvalue weighted by atomic mass is 35.5.